The molecule has 0 atom stereocenters. The van der Waals surface area contributed by atoms with Crippen LogP contribution in [0.3, 0.4) is 0 Å². The van der Waals surface area contributed by atoms with Gasteiger partial charge in [-0.05, 0) is 11.6 Å². The Bertz CT molecular complexity index is 278. The summed E-state index contributed by atoms with van der Waals surface area (Å²) in [5, 5.41) is 0. The van der Waals surface area contributed by atoms with Crippen molar-refractivity contribution >= 4 is 0 Å². The standard InChI is InChI=1S/C9H12FNO2/c1-12-9-7(5-6-13-11)3-2-4-8(9)10/h2-4H,5-6,11H2,1H3. The zero-order valence-corrected chi connectivity index (χ0v) is 7.42. The molecule has 0 saturated carbocycles. The second kappa shape index (κ2) is 4.79. The van der Waals surface area contributed by atoms with E-state index in [4.69, 9.17) is 10.6 Å². The minimum absolute atomic E-state index is 0.263. The Hall–Kier alpha value is -1.13. The van der Waals surface area contributed by atoms with E-state index in [9.17, 15) is 4.39 Å². The van der Waals surface area contributed by atoms with E-state index in [0.717, 1.165) is 5.56 Å². The number of rotatable bonds is 4. The maximum absolute atomic E-state index is 13.1. The minimum atomic E-state index is -0.364. The average Bonchev–Trinajstić information content (AvgIpc) is 2.15. The molecular formula is C9H12FNO2. The Kier molecular flexibility index (Phi) is 3.67. The van der Waals surface area contributed by atoms with Crippen molar-refractivity contribution in [3.8, 4) is 5.75 Å². The Morgan fingerprint density at radius 3 is 2.85 bits per heavy atom. The van der Waals surface area contributed by atoms with E-state index < -0.39 is 0 Å². The number of hydrogen-bond donors (Lipinski definition) is 1. The van der Waals surface area contributed by atoms with Crippen LogP contribution in [0.25, 0.3) is 0 Å². The zero-order chi connectivity index (χ0) is 9.68. The Morgan fingerprint density at radius 1 is 1.46 bits per heavy atom. The SMILES string of the molecule is COc1c(F)cccc1CCON. The van der Waals surface area contributed by atoms with Crippen molar-refractivity contribution in [1.29, 1.82) is 0 Å². The van der Waals surface area contributed by atoms with Crippen molar-refractivity contribution < 1.29 is 14.0 Å². The lowest BCUT2D eigenvalue weighted by atomic mass is 10.1. The molecule has 0 aliphatic heterocycles. The van der Waals surface area contributed by atoms with E-state index >= 15 is 0 Å². The van der Waals surface area contributed by atoms with Crippen LogP contribution >= 0.6 is 0 Å². The topological polar surface area (TPSA) is 44.5 Å². The molecule has 0 aliphatic carbocycles. The van der Waals surface area contributed by atoms with Gasteiger partial charge in [-0.2, -0.15) is 0 Å². The predicted molar refractivity (Wildman–Crippen MR) is 46.8 cm³/mol. The fraction of sp³-hybridized carbons (Fsp3) is 0.333. The molecule has 0 fully saturated rings. The molecular weight excluding hydrogens is 173 g/mol. The van der Waals surface area contributed by atoms with Crippen molar-refractivity contribution in [2.75, 3.05) is 13.7 Å². The van der Waals surface area contributed by atoms with E-state index in [1.54, 1.807) is 12.1 Å². The highest BCUT2D eigenvalue weighted by molar-refractivity contribution is 5.34. The molecule has 0 radical (unpaired) electrons. The van der Waals surface area contributed by atoms with E-state index in [-0.39, 0.29) is 11.6 Å². The average molecular weight is 185 g/mol. The summed E-state index contributed by atoms with van der Waals surface area (Å²) in [4.78, 5) is 4.41. The van der Waals surface area contributed by atoms with Crippen LogP contribution < -0.4 is 10.6 Å². The van der Waals surface area contributed by atoms with Gasteiger partial charge in [-0.25, -0.2) is 10.3 Å². The van der Waals surface area contributed by atoms with Crippen LogP contribution in [0.2, 0.25) is 0 Å². The molecule has 0 unspecified atom stereocenters. The maximum Gasteiger partial charge on any atom is 0.165 e. The monoisotopic (exact) mass is 185 g/mol. The van der Waals surface area contributed by atoms with Gasteiger partial charge in [0.25, 0.3) is 0 Å². The number of benzene rings is 1. The van der Waals surface area contributed by atoms with Crippen LogP contribution in [0.1, 0.15) is 5.56 Å². The summed E-state index contributed by atoms with van der Waals surface area (Å²) >= 11 is 0. The smallest absolute Gasteiger partial charge is 0.165 e. The number of nitrogens with two attached hydrogens (primary N) is 1. The summed E-state index contributed by atoms with van der Waals surface area (Å²) in [6, 6.07) is 4.76. The number of ether oxygens (including phenoxy) is 1. The highest BCUT2D eigenvalue weighted by Crippen LogP contribution is 2.22. The van der Waals surface area contributed by atoms with E-state index in [2.05, 4.69) is 4.84 Å². The molecule has 0 heterocycles. The first-order valence-corrected chi connectivity index (χ1v) is 3.92. The van der Waals surface area contributed by atoms with Crippen molar-refractivity contribution in [3.63, 3.8) is 0 Å². The van der Waals surface area contributed by atoms with Gasteiger partial charge in [-0.15, -0.1) is 0 Å². The summed E-state index contributed by atoms with van der Waals surface area (Å²) < 4.78 is 18.0. The number of methoxy groups -OCH3 is 1. The predicted octanol–water partition coefficient (Wildman–Crippen LogP) is 1.27. The van der Waals surface area contributed by atoms with Crippen LogP contribution in [0.4, 0.5) is 4.39 Å². The molecule has 0 saturated heterocycles. The molecule has 1 aromatic carbocycles. The van der Waals surface area contributed by atoms with Crippen LogP contribution in [0.5, 0.6) is 5.75 Å². The first-order valence-electron chi connectivity index (χ1n) is 3.92. The van der Waals surface area contributed by atoms with Gasteiger partial charge < -0.3 is 9.57 Å². The first-order chi connectivity index (χ1) is 6.29. The van der Waals surface area contributed by atoms with Gasteiger partial charge >= 0.3 is 0 Å². The quantitative estimate of drug-likeness (QED) is 0.718. The minimum Gasteiger partial charge on any atom is -0.493 e. The molecule has 13 heavy (non-hydrogen) atoms. The van der Waals surface area contributed by atoms with Crippen LogP contribution in [-0.4, -0.2) is 13.7 Å². The lowest BCUT2D eigenvalue weighted by Gasteiger charge is -2.07. The number of para-hydroxylation sites is 1. The van der Waals surface area contributed by atoms with Gasteiger partial charge in [0, 0.05) is 6.42 Å². The van der Waals surface area contributed by atoms with Crippen molar-refractivity contribution in [1.82, 2.24) is 0 Å². The zero-order valence-electron chi connectivity index (χ0n) is 7.42. The molecule has 72 valence electrons. The summed E-state index contributed by atoms with van der Waals surface area (Å²) in [5.74, 6) is 4.77. The van der Waals surface area contributed by atoms with Gasteiger partial charge in [0.05, 0.1) is 13.7 Å². The fourth-order valence-corrected chi connectivity index (χ4v) is 1.15. The highest BCUT2D eigenvalue weighted by atomic mass is 19.1. The third-order valence-corrected chi connectivity index (χ3v) is 1.74. The van der Waals surface area contributed by atoms with Crippen LogP contribution in [0, 0.1) is 5.82 Å². The Labute approximate surface area is 76.2 Å². The molecule has 3 nitrogen and oxygen atoms in total. The molecule has 1 aromatic rings. The highest BCUT2D eigenvalue weighted by Gasteiger charge is 2.07. The Morgan fingerprint density at radius 2 is 2.23 bits per heavy atom. The first kappa shape index (κ1) is 9.95. The third kappa shape index (κ3) is 2.40. The molecule has 2 N–H and O–H groups in total. The summed E-state index contributed by atoms with van der Waals surface area (Å²) in [6.07, 6.45) is 0.539. The molecule has 0 spiro atoms. The molecule has 0 bridgehead atoms. The maximum atomic E-state index is 13.1. The third-order valence-electron chi connectivity index (χ3n) is 1.74. The normalized spacial score (nSPS) is 10.1. The molecule has 4 heteroatoms. The van der Waals surface area contributed by atoms with Gasteiger partial charge in [0.15, 0.2) is 11.6 Å². The van der Waals surface area contributed by atoms with Gasteiger partial charge in [0.1, 0.15) is 0 Å². The second-order valence-corrected chi connectivity index (χ2v) is 2.55. The van der Waals surface area contributed by atoms with Crippen molar-refractivity contribution in [3.05, 3.63) is 29.6 Å². The Balaban J connectivity index is 2.85. The second-order valence-electron chi connectivity index (χ2n) is 2.55. The lowest BCUT2D eigenvalue weighted by molar-refractivity contribution is 0.140. The van der Waals surface area contributed by atoms with Gasteiger partial charge in [0.2, 0.25) is 0 Å². The fourth-order valence-electron chi connectivity index (χ4n) is 1.15. The summed E-state index contributed by atoms with van der Waals surface area (Å²) in [5.41, 5.74) is 0.757. The van der Waals surface area contributed by atoms with Crippen molar-refractivity contribution in [2.24, 2.45) is 5.90 Å². The summed E-state index contributed by atoms with van der Waals surface area (Å²) in [6.45, 7) is 0.347. The largest absolute Gasteiger partial charge is 0.493 e. The number of hydrogen-bond acceptors (Lipinski definition) is 3. The summed E-state index contributed by atoms with van der Waals surface area (Å²) in [7, 11) is 1.44. The molecule has 0 aromatic heterocycles. The van der Waals surface area contributed by atoms with Crippen LogP contribution in [-0.2, 0) is 11.3 Å². The molecule has 0 aliphatic rings. The van der Waals surface area contributed by atoms with Gasteiger partial charge in [-0.3, -0.25) is 0 Å². The van der Waals surface area contributed by atoms with E-state index in [1.165, 1.54) is 13.2 Å². The van der Waals surface area contributed by atoms with Gasteiger partial charge in [-0.1, -0.05) is 12.1 Å². The van der Waals surface area contributed by atoms with E-state index in [0.29, 0.717) is 13.0 Å². The van der Waals surface area contributed by atoms with E-state index in [1.807, 2.05) is 0 Å². The lowest BCUT2D eigenvalue weighted by Crippen LogP contribution is -2.05. The molecule has 1 rings (SSSR count). The number of halogens is 1. The van der Waals surface area contributed by atoms with Crippen LogP contribution in [0.15, 0.2) is 18.2 Å². The molecule has 0 amide bonds. The van der Waals surface area contributed by atoms with Crippen molar-refractivity contribution in [2.45, 2.75) is 6.42 Å².